The first-order chi connectivity index (χ1) is 11.2. The van der Waals surface area contributed by atoms with Crippen LogP contribution in [0.15, 0.2) is 47.2 Å². The topological polar surface area (TPSA) is 55.3 Å². The first-order valence-electron chi connectivity index (χ1n) is 7.66. The summed E-state index contributed by atoms with van der Waals surface area (Å²) < 4.78 is 6.62. The first-order valence-corrected chi connectivity index (χ1v) is 8.46. The molecule has 0 aliphatic carbocycles. The molecule has 0 spiro atoms. The predicted molar refractivity (Wildman–Crippen MR) is 90.1 cm³/mol. The molecule has 2 aromatic rings. The number of hydrogen-bond donors (Lipinski definition) is 0. The van der Waals surface area contributed by atoms with Crippen LogP contribution in [0.4, 0.5) is 0 Å². The smallest absolute Gasteiger partial charge is 0.316 e. The molecule has 6 heteroatoms. The normalized spacial score (nSPS) is 17.8. The number of aromatic nitrogens is 2. The number of piperidine rings is 1. The Labute approximate surface area is 143 Å². The van der Waals surface area contributed by atoms with E-state index in [0.29, 0.717) is 19.0 Å². The Bertz CT molecular complexity index is 649. The average molecular weight is 376 g/mol. The molecule has 1 aromatic heterocycles. The second-order valence-electron chi connectivity index (χ2n) is 5.57. The molecule has 120 valence electrons. The van der Waals surface area contributed by atoms with Crippen LogP contribution in [0.1, 0.15) is 18.4 Å². The maximum absolute atomic E-state index is 12.4. The van der Waals surface area contributed by atoms with E-state index in [-0.39, 0.29) is 12.0 Å². The van der Waals surface area contributed by atoms with Gasteiger partial charge in [-0.3, -0.25) is 4.79 Å². The number of ether oxygens (including phenoxy) is 1. The van der Waals surface area contributed by atoms with Gasteiger partial charge in [-0.05, 0) is 34.3 Å². The summed E-state index contributed by atoms with van der Waals surface area (Å²) in [6, 6.07) is 10.2. The lowest BCUT2D eigenvalue weighted by Crippen LogP contribution is -2.45. The minimum atomic E-state index is -0.0513. The summed E-state index contributed by atoms with van der Waals surface area (Å²) in [7, 11) is 0. The molecule has 5 nitrogen and oxygen atoms in total. The van der Waals surface area contributed by atoms with Gasteiger partial charge in [0.25, 0.3) is 0 Å². The van der Waals surface area contributed by atoms with E-state index in [1.807, 2.05) is 35.2 Å². The van der Waals surface area contributed by atoms with Crippen LogP contribution in [0.5, 0.6) is 6.01 Å². The summed E-state index contributed by atoms with van der Waals surface area (Å²) >= 11 is 3.30. The summed E-state index contributed by atoms with van der Waals surface area (Å²) in [6.07, 6.45) is 5.54. The zero-order valence-electron chi connectivity index (χ0n) is 12.7. The predicted octanol–water partition coefficient (Wildman–Crippen LogP) is 2.85. The zero-order valence-corrected chi connectivity index (χ0v) is 14.3. The fourth-order valence-electron chi connectivity index (χ4n) is 2.65. The van der Waals surface area contributed by atoms with Crippen molar-refractivity contribution in [3.05, 3.63) is 52.8 Å². The SMILES string of the molecule is O=C(Cc1ccccc1)N1CCCC(Oc2ncc(Br)cn2)C1. The molecular formula is C17H18BrN3O2. The molecule has 1 aliphatic rings. The molecule has 3 rings (SSSR count). The van der Waals surface area contributed by atoms with Crippen molar-refractivity contribution in [2.24, 2.45) is 0 Å². The molecule has 1 aliphatic heterocycles. The van der Waals surface area contributed by atoms with Crippen LogP contribution in [0, 0.1) is 0 Å². The van der Waals surface area contributed by atoms with Crippen LogP contribution in [-0.2, 0) is 11.2 Å². The van der Waals surface area contributed by atoms with Gasteiger partial charge in [0.1, 0.15) is 6.10 Å². The number of hydrogen-bond acceptors (Lipinski definition) is 4. The largest absolute Gasteiger partial charge is 0.458 e. The van der Waals surface area contributed by atoms with E-state index in [4.69, 9.17) is 4.74 Å². The van der Waals surface area contributed by atoms with Gasteiger partial charge in [-0.15, -0.1) is 0 Å². The Balaban J connectivity index is 1.57. The Morgan fingerprint density at radius 3 is 2.74 bits per heavy atom. The quantitative estimate of drug-likeness (QED) is 0.824. The molecule has 23 heavy (non-hydrogen) atoms. The number of nitrogens with zero attached hydrogens (tertiary/aromatic N) is 3. The van der Waals surface area contributed by atoms with Crippen molar-refractivity contribution in [1.82, 2.24) is 14.9 Å². The van der Waals surface area contributed by atoms with Gasteiger partial charge in [-0.25, -0.2) is 9.97 Å². The molecule has 0 radical (unpaired) electrons. The molecule has 0 N–H and O–H groups in total. The van der Waals surface area contributed by atoms with Crippen molar-refractivity contribution in [2.45, 2.75) is 25.4 Å². The number of carbonyl (C=O) groups is 1. The van der Waals surface area contributed by atoms with Crippen LogP contribution < -0.4 is 4.74 Å². The average Bonchev–Trinajstić information content (AvgIpc) is 2.58. The van der Waals surface area contributed by atoms with Gasteiger partial charge < -0.3 is 9.64 Å². The fraction of sp³-hybridized carbons (Fsp3) is 0.353. The molecule has 1 atom stereocenters. The minimum Gasteiger partial charge on any atom is -0.458 e. The van der Waals surface area contributed by atoms with E-state index in [1.165, 1.54) is 0 Å². The fourth-order valence-corrected chi connectivity index (χ4v) is 2.86. The summed E-state index contributed by atoms with van der Waals surface area (Å²) in [5.74, 6) is 0.140. The van der Waals surface area contributed by atoms with E-state index < -0.39 is 0 Å². The Kier molecular flexibility index (Phi) is 5.23. The Morgan fingerprint density at radius 1 is 1.26 bits per heavy atom. The lowest BCUT2D eigenvalue weighted by molar-refractivity contribution is -0.133. The molecule has 1 unspecified atom stereocenters. The molecule has 1 aromatic carbocycles. The number of carbonyl (C=O) groups excluding carboxylic acids is 1. The van der Waals surface area contributed by atoms with Crippen LogP contribution in [0.25, 0.3) is 0 Å². The van der Waals surface area contributed by atoms with Crippen LogP contribution in [0.3, 0.4) is 0 Å². The van der Waals surface area contributed by atoms with Gasteiger partial charge >= 0.3 is 6.01 Å². The maximum atomic E-state index is 12.4. The molecule has 1 fully saturated rings. The second kappa shape index (κ2) is 7.55. The third-order valence-electron chi connectivity index (χ3n) is 3.80. The van der Waals surface area contributed by atoms with Crippen LogP contribution in [-0.4, -0.2) is 40.0 Å². The number of benzene rings is 1. The van der Waals surface area contributed by atoms with E-state index in [9.17, 15) is 4.79 Å². The van der Waals surface area contributed by atoms with Crippen molar-refractivity contribution in [3.63, 3.8) is 0 Å². The van der Waals surface area contributed by atoms with E-state index in [0.717, 1.165) is 29.4 Å². The molecule has 0 saturated carbocycles. The van der Waals surface area contributed by atoms with E-state index in [2.05, 4.69) is 25.9 Å². The van der Waals surface area contributed by atoms with Gasteiger partial charge in [0, 0.05) is 18.9 Å². The molecule has 2 heterocycles. The first kappa shape index (κ1) is 15.9. The summed E-state index contributed by atoms with van der Waals surface area (Å²) in [5, 5.41) is 0. The molecule has 1 saturated heterocycles. The Hall–Kier alpha value is -1.95. The number of amides is 1. The highest BCUT2D eigenvalue weighted by molar-refractivity contribution is 9.10. The standard InChI is InChI=1S/C17H18BrN3O2/c18-14-10-19-17(20-11-14)23-15-7-4-8-21(12-15)16(22)9-13-5-2-1-3-6-13/h1-3,5-6,10-11,15H,4,7-9,12H2. The van der Waals surface area contributed by atoms with Crippen molar-refractivity contribution < 1.29 is 9.53 Å². The van der Waals surface area contributed by atoms with Gasteiger partial charge in [0.15, 0.2) is 0 Å². The molecule has 1 amide bonds. The van der Waals surface area contributed by atoms with Crippen molar-refractivity contribution in [3.8, 4) is 6.01 Å². The van der Waals surface area contributed by atoms with Crippen LogP contribution >= 0.6 is 15.9 Å². The van der Waals surface area contributed by atoms with Crippen molar-refractivity contribution >= 4 is 21.8 Å². The monoisotopic (exact) mass is 375 g/mol. The molecule has 0 bridgehead atoms. The van der Waals surface area contributed by atoms with Crippen molar-refractivity contribution in [1.29, 1.82) is 0 Å². The van der Waals surface area contributed by atoms with Crippen molar-refractivity contribution in [2.75, 3.05) is 13.1 Å². The minimum absolute atomic E-state index is 0.0513. The van der Waals surface area contributed by atoms with Gasteiger partial charge in [-0.2, -0.15) is 0 Å². The maximum Gasteiger partial charge on any atom is 0.316 e. The van der Waals surface area contributed by atoms with Gasteiger partial charge in [0.05, 0.1) is 17.4 Å². The van der Waals surface area contributed by atoms with E-state index in [1.54, 1.807) is 12.4 Å². The highest BCUT2D eigenvalue weighted by Crippen LogP contribution is 2.17. The van der Waals surface area contributed by atoms with Crippen LogP contribution in [0.2, 0.25) is 0 Å². The third-order valence-corrected chi connectivity index (χ3v) is 4.21. The summed E-state index contributed by atoms with van der Waals surface area (Å²) in [6.45, 7) is 1.37. The van der Waals surface area contributed by atoms with Gasteiger partial charge in [-0.1, -0.05) is 30.3 Å². The zero-order chi connectivity index (χ0) is 16.1. The number of rotatable bonds is 4. The number of halogens is 1. The summed E-state index contributed by atoms with van der Waals surface area (Å²) in [4.78, 5) is 22.6. The number of likely N-dealkylation sites (tertiary alicyclic amines) is 1. The highest BCUT2D eigenvalue weighted by Gasteiger charge is 2.25. The highest BCUT2D eigenvalue weighted by atomic mass is 79.9. The lowest BCUT2D eigenvalue weighted by Gasteiger charge is -2.32. The van der Waals surface area contributed by atoms with Gasteiger partial charge in [0.2, 0.25) is 5.91 Å². The van der Waals surface area contributed by atoms with E-state index >= 15 is 0 Å². The Morgan fingerprint density at radius 2 is 2.00 bits per heavy atom. The second-order valence-corrected chi connectivity index (χ2v) is 6.48. The third kappa shape index (κ3) is 4.51. The summed E-state index contributed by atoms with van der Waals surface area (Å²) in [5.41, 5.74) is 1.04. The lowest BCUT2D eigenvalue weighted by atomic mass is 10.1. The molecular weight excluding hydrogens is 358 g/mol.